The van der Waals surface area contributed by atoms with Crippen LogP contribution in [0.25, 0.3) is 0 Å². The van der Waals surface area contributed by atoms with Gasteiger partial charge >= 0.3 is 0 Å². The minimum absolute atomic E-state index is 0.00407. The molecule has 0 saturated carbocycles. The molecule has 1 aliphatic rings. The molecule has 23 heavy (non-hydrogen) atoms. The largest absolute Gasteiger partial charge is 0.348 e. The van der Waals surface area contributed by atoms with Crippen molar-refractivity contribution in [3.05, 3.63) is 39.8 Å². The highest BCUT2D eigenvalue weighted by Gasteiger charge is 2.20. The van der Waals surface area contributed by atoms with Crippen molar-refractivity contribution in [3.63, 3.8) is 0 Å². The van der Waals surface area contributed by atoms with Gasteiger partial charge in [-0.25, -0.2) is 9.97 Å². The minimum Gasteiger partial charge on any atom is -0.348 e. The molecule has 0 fully saturated rings. The van der Waals surface area contributed by atoms with Crippen molar-refractivity contribution >= 4 is 5.95 Å². The molecule has 3 rings (SSSR count). The maximum atomic E-state index is 12.3. The first-order valence-corrected chi connectivity index (χ1v) is 8.10. The SMILES string of the molecule is CCn1ccnc1CN1CCc2nc(N(C)C)[nH]c(=O)c2CC1. The van der Waals surface area contributed by atoms with E-state index >= 15 is 0 Å². The van der Waals surface area contributed by atoms with Gasteiger partial charge in [0.1, 0.15) is 5.82 Å². The summed E-state index contributed by atoms with van der Waals surface area (Å²) in [6.07, 6.45) is 5.39. The third-order valence-electron chi connectivity index (χ3n) is 4.36. The fraction of sp³-hybridized carbons (Fsp3) is 0.562. The van der Waals surface area contributed by atoms with E-state index in [1.807, 2.05) is 31.4 Å². The Morgan fingerprint density at radius 1 is 1.30 bits per heavy atom. The van der Waals surface area contributed by atoms with E-state index in [1.165, 1.54) is 0 Å². The van der Waals surface area contributed by atoms with E-state index in [-0.39, 0.29) is 5.56 Å². The van der Waals surface area contributed by atoms with E-state index in [9.17, 15) is 4.79 Å². The molecular formula is C16H24N6O. The van der Waals surface area contributed by atoms with Crippen molar-refractivity contribution in [3.8, 4) is 0 Å². The Hall–Kier alpha value is -2.15. The molecule has 7 nitrogen and oxygen atoms in total. The van der Waals surface area contributed by atoms with Crippen molar-refractivity contribution < 1.29 is 0 Å². The van der Waals surface area contributed by atoms with Crippen molar-refractivity contribution in [1.29, 1.82) is 0 Å². The van der Waals surface area contributed by atoms with Gasteiger partial charge in [-0.1, -0.05) is 0 Å². The molecule has 3 heterocycles. The lowest BCUT2D eigenvalue weighted by Crippen LogP contribution is -2.28. The Balaban J connectivity index is 1.77. The molecular weight excluding hydrogens is 292 g/mol. The van der Waals surface area contributed by atoms with E-state index in [2.05, 4.69) is 31.3 Å². The molecule has 0 aromatic carbocycles. The summed E-state index contributed by atoms with van der Waals surface area (Å²) in [5.74, 6) is 1.71. The summed E-state index contributed by atoms with van der Waals surface area (Å²) < 4.78 is 2.16. The van der Waals surface area contributed by atoms with E-state index < -0.39 is 0 Å². The van der Waals surface area contributed by atoms with Gasteiger partial charge in [0.05, 0.1) is 12.2 Å². The summed E-state index contributed by atoms with van der Waals surface area (Å²) in [6.45, 7) is 5.61. The Morgan fingerprint density at radius 3 is 2.83 bits per heavy atom. The lowest BCUT2D eigenvalue weighted by atomic mass is 10.1. The number of rotatable bonds is 4. The van der Waals surface area contributed by atoms with Gasteiger partial charge in [-0.2, -0.15) is 0 Å². The Morgan fingerprint density at radius 2 is 2.09 bits per heavy atom. The van der Waals surface area contributed by atoms with Crippen molar-refractivity contribution in [2.24, 2.45) is 0 Å². The van der Waals surface area contributed by atoms with Crippen LogP contribution in [0.3, 0.4) is 0 Å². The monoisotopic (exact) mass is 316 g/mol. The molecule has 1 aliphatic heterocycles. The van der Waals surface area contributed by atoms with Crippen LogP contribution in [0.2, 0.25) is 0 Å². The summed E-state index contributed by atoms with van der Waals surface area (Å²) >= 11 is 0. The van der Waals surface area contributed by atoms with E-state index in [0.717, 1.165) is 56.1 Å². The second-order valence-corrected chi connectivity index (χ2v) is 6.11. The van der Waals surface area contributed by atoms with Crippen LogP contribution in [0.15, 0.2) is 17.2 Å². The molecule has 0 atom stereocenters. The zero-order valence-electron chi connectivity index (χ0n) is 14.0. The van der Waals surface area contributed by atoms with Crippen LogP contribution in [0.5, 0.6) is 0 Å². The molecule has 0 amide bonds. The van der Waals surface area contributed by atoms with E-state index in [1.54, 1.807) is 0 Å². The van der Waals surface area contributed by atoms with Crippen molar-refractivity contribution in [2.45, 2.75) is 32.9 Å². The van der Waals surface area contributed by atoms with Gasteiger partial charge in [0.25, 0.3) is 5.56 Å². The Kier molecular flexibility index (Phi) is 4.47. The average molecular weight is 316 g/mol. The zero-order chi connectivity index (χ0) is 16.4. The highest BCUT2D eigenvalue weighted by molar-refractivity contribution is 5.32. The summed E-state index contributed by atoms with van der Waals surface area (Å²) in [4.78, 5) is 28.4. The van der Waals surface area contributed by atoms with Crippen molar-refractivity contribution in [1.82, 2.24) is 24.4 Å². The predicted octanol–water partition coefficient (Wildman–Crippen LogP) is 0.653. The second-order valence-electron chi connectivity index (χ2n) is 6.11. The molecule has 0 aliphatic carbocycles. The first kappa shape index (κ1) is 15.7. The highest BCUT2D eigenvalue weighted by Crippen LogP contribution is 2.14. The lowest BCUT2D eigenvalue weighted by Gasteiger charge is -2.19. The Labute approximate surface area is 136 Å². The molecule has 0 unspecified atom stereocenters. The summed E-state index contributed by atoms with van der Waals surface area (Å²) in [5, 5.41) is 0. The number of aromatic amines is 1. The van der Waals surface area contributed by atoms with Crippen LogP contribution in [-0.2, 0) is 25.9 Å². The van der Waals surface area contributed by atoms with Gasteiger partial charge in [-0.3, -0.25) is 14.7 Å². The van der Waals surface area contributed by atoms with E-state index in [0.29, 0.717) is 5.95 Å². The number of fused-ring (bicyclic) bond motifs is 1. The molecule has 0 bridgehead atoms. The summed E-state index contributed by atoms with van der Waals surface area (Å²) in [6, 6.07) is 0. The van der Waals surface area contributed by atoms with Gasteiger partial charge in [0, 0.05) is 58.1 Å². The fourth-order valence-electron chi connectivity index (χ4n) is 2.99. The number of nitrogens with zero attached hydrogens (tertiary/aromatic N) is 5. The van der Waals surface area contributed by atoms with Crippen molar-refractivity contribution in [2.75, 3.05) is 32.1 Å². The number of nitrogens with one attached hydrogen (secondary N) is 1. The third-order valence-corrected chi connectivity index (χ3v) is 4.36. The van der Waals surface area contributed by atoms with Crippen LogP contribution in [-0.4, -0.2) is 51.6 Å². The van der Waals surface area contributed by atoms with Gasteiger partial charge in [0.2, 0.25) is 5.95 Å². The van der Waals surface area contributed by atoms with Crippen LogP contribution in [0.4, 0.5) is 5.95 Å². The maximum Gasteiger partial charge on any atom is 0.255 e. The third kappa shape index (κ3) is 3.29. The van der Waals surface area contributed by atoms with Crippen LogP contribution in [0, 0.1) is 0 Å². The van der Waals surface area contributed by atoms with Gasteiger partial charge in [0.15, 0.2) is 0 Å². The molecule has 0 radical (unpaired) electrons. The quantitative estimate of drug-likeness (QED) is 0.897. The van der Waals surface area contributed by atoms with Gasteiger partial charge in [-0.15, -0.1) is 0 Å². The molecule has 0 saturated heterocycles. The van der Waals surface area contributed by atoms with Gasteiger partial charge < -0.3 is 9.47 Å². The van der Waals surface area contributed by atoms with E-state index in [4.69, 9.17) is 0 Å². The molecule has 1 N–H and O–H groups in total. The molecule has 7 heteroatoms. The first-order valence-electron chi connectivity index (χ1n) is 8.10. The Bertz CT molecular complexity index is 732. The number of hydrogen-bond acceptors (Lipinski definition) is 5. The second kappa shape index (κ2) is 6.54. The highest BCUT2D eigenvalue weighted by atomic mass is 16.1. The number of hydrogen-bond donors (Lipinski definition) is 1. The number of H-pyrrole nitrogens is 1. The van der Waals surface area contributed by atoms with Crippen LogP contribution in [0.1, 0.15) is 24.0 Å². The standard InChI is InChI=1S/C16H24N6O/c1-4-22-10-7-17-14(22)11-21-8-5-12-13(6-9-21)18-16(20(2)3)19-15(12)23/h7,10H,4-6,8-9,11H2,1-3H3,(H,18,19,23). The summed E-state index contributed by atoms with van der Waals surface area (Å²) in [7, 11) is 3.77. The molecule has 2 aromatic heterocycles. The molecule has 2 aromatic rings. The maximum absolute atomic E-state index is 12.3. The normalized spacial score (nSPS) is 15.3. The fourth-order valence-corrected chi connectivity index (χ4v) is 2.99. The first-order chi connectivity index (χ1) is 11.1. The number of imidazole rings is 1. The summed E-state index contributed by atoms with van der Waals surface area (Å²) in [5.41, 5.74) is 1.76. The number of aromatic nitrogens is 4. The number of aryl methyl sites for hydroxylation is 1. The van der Waals surface area contributed by atoms with Gasteiger partial charge in [-0.05, 0) is 13.3 Å². The lowest BCUT2D eigenvalue weighted by molar-refractivity contribution is 0.268. The zero-order valence-corrected chi connectivity index (χ0v) is 14.0. The predicted molar refractivity (Wildman–Crippen MR) is 89.8 cm³/mol. The van der Waals surface area contributed by atoms with Crippen LogP contribution < -0.4 is 10.5 Å². The molecule has 124 valence electrons. The smallest absolute Gasteiger partial charge is 0.255 e. The topological polar surface area (TPSA) is 70.1 Å². The minimum atomic E-state index is -0.00407. The molecule has 0 spiro atoms. The average Bonchev–Trinajstić information content (AvgIpc) is 2.87. The van der Waals surface area contributed by atoms with Crippen LogP contribution >= 0.6 is 0 Å². The number of anilines is 1.